The molecule has 0 bridgehead atoms. The standard InChI is InChI=1S/C18H31ClN4O/c1-20-18(23(3)14-16-12-15(19)13-22(16)2)21-10-7-11-24-17-8-5-4-6-9-17/h12-13,17H,4-11,14H2,1-3H3,(H,20,21). The first-order chi connectivity index (χ1) is 11.6. The zero-order valence-corrected chi connectivity index (χ0v) is 16.0. The third-order valence-electron chi connectivity index (χ3n) is 4.56. The molecule has 0 spiro atoms. The average molecular weight is 355 g/mol. The smallest absolute Gasteiger partial charge is 0.193 e. The van der Waals surface area contributed by atoms with Gasteiger partial charge in [-0.2, -0.15) is 0 Å². The molecule has 0 saturated heterocycles. The van der Waals surface area contributed by atoms with Crippen LogP contribution >= 0.6 is 11.6 Å². The van der Waals surface area contributed by atoms with Gasteiger partial charge in [0.2, 0.25) is 0 Å². The van der Waals surface area contributed by atoms with E-state index in [0.29, 0.717) is 6.10 Å². The first kappa shape index (κ1) is 19.1. The number of hydrogen-bond donors (Lipinski definition) is 1. The zero-order chi connectivity index (χ0) is 17.4. The van der Waals surface area contributed by atoms with Gasteiger partial charge in [0.05, 0.1) is 17.7 Å². The van der Waals surface area contributed by atoms with E-state index in [9.17, 15) is 0 Å². The number of aryl methyl sites for hydroxylation is 1. The first-order valence-corrected chi connectivity index (χ1v) is 9.32. The van der Waals surface area contributed by atoms with E-state index in [0.717, 1.165) is 42.8 Å². The normalized spacial score (nSPS) is 16.4. The highest BCUT2D eigenvalue weighted by Crippen LogP contribution is 2.20. The predicted octanol–water partition coefficient (Wildman–Crippen LogP) is 3.43. The van der Waals surface area contributed by atoms with Crippen LogP contribution in [-0.2, 0) is 18.3 Å². The molecule has 0 radical (unpaired) electrons. The van der Waals surface area contributed by atoms with Gasteiger partial charge >= 0.3 is 0 Å². The summed E-state index contributed by atoms with van der Waals surface area (Å²) in [6.45, 7) is 2.46. The van der Waals surface area contributed by atoms with E-state index in [-0.39, 0.29) is 0 Å². The van der Waals surface area contributed by atoms with Gasteiger partial charge in [-0.15, -0.1) is 0 Å². The highest BCUT2D eigenvalue weighted by molar-refractivity contribution is 6.30. The van der Waals surface area contributed by atoms with Gasteiger partial charge in [-0.3, -0.25) is 4.99 Å². The number of rotatable bonds is 7. The number of ether oxygens (including phenoxy) is 1. The minimum Gasteiger partial charge on any atom is -0.378 e. The van der Waals surface area contributed by atoms with Gasteiger partial charge in [0.25, 0.3) is 0 Å². The fraction of sp³-hybridized carbons (Fsp3) is 0.722. The molecule has 24 heavy (non-hydrogen) atoms. The van der Waals surface area contributed by atoms with Crippen LogP contribution in [0.25, 0.3) is 0 Å². The maximum absolute atomic E-state index is 6.05. The van der Waals surface area contributed by atoms with Crippen molar-refractivity contribution in [2.24, 2.45) is 12.0 Å². The van der Waals surface area contributed by atoms with Crippen LogP contribution in [0, 0.1) is 0 Å². The van der Waals surface area contributed by atoms with E-state index in [1.54, 1.807) is 0 Å². The second-order valence-electron chi connectivity index (χ2n) is 6.57. The van der Waals surface area contributed by atoms with E-state index in [1.165, 1.54) is 32.1 Å². The second-order valence-corrected chi connectivity index (χ2v) is 7.01. The van der Waals surface area contributed by atoms with E-state index < -0.39 is 0 Å². The molecule has 1 aromatic heterocycles. The molecule has 0 unspecified atom stereocenters. The minimum absolute atomic E-state index is 0.489. The Morgan fingerprint density at radius 2 is 2.17 bits per heavy atom. The van der Waals surface area contributed by atoms with Crippen LogP contribution in [0.2, 0.25) is 5.02 Å². The van der Waals surface area contributed by atoms with Crippen molar-refractivity contribution in [3.63, 3.8) is 0 Å². The van der Waals surface area contributed by atoms with Crippen molar-refractivity contribution in [1.82, 2.24) is 14.8 Å². The van der Waals surface area contributed by atoms with Crippen molar-refractivity contribution in [1.29, 1.82) is 0 Å². The molecule has 1 aliphatic rings. The third-order valence-corrected chi connectivity index (χ3v) is 4.76. The quantitative estimate of drug-likeness (QED) is 0.463. The Morgan fingerprint density at radius 3 is 2.79 bits per heavy atom. The summed E-state index contributed by atoms with van der Waals surface area (Å²) in [6.07, 6.45) is 9.89. The fourth-order valence-corrected chi connectivity index (χ4v) is 3.45. The van der Waals surface area contributed by atoms with E-state index in [1.807, 2.05) is 38.0 Å². The van der Waals surface area contributed by atoms with Crippen LogP contribution < -0.4 is 5.32 Å². The Hall–Kier alpha value is -1.20. The molecule has 1 N–H and O–H groups in total. The van der Waals surface area contributed by atoms with E-state index in [2.05, 4.69) is 15.2 Å². The molecule has 0 aromatic carbocycles. The Bertz CT molecular complexity index is 523. The maximum atomic E-state index is 6.05. The van der Waals surface area contributed by atoms with Gasteiger partial charge in [-0.25, -0.2) is 0 Å². The Balaban J connectivity index is 1.66. The molecule has 0 atom stereocenters. The molecule has 6 heteroatoms. The number of aromatic nitrogens is 1. The lowest BCUT2D eigenvalue weighted by Crippen LogP contribution is -2.39. The van der Waals surface area contributed by atoms with Crippen molar-refractivity contribution in [3.8, 4) is 0 Å². The summed E-state index contributed by atoms with van der Waals surface area (Å²) in [7, 11) is 5.86. The summed E-state index contributed by atoms with van der Waals surface area (Å²) in [5.41, 5.74) is 1.16. The molecule has 1 fully saturated rings. The first-order valence-electron chi connectivity index (χ1n) is 8.94. The number of halogens is 1. The van der Waals surface area contributed by atoms with Crippen molar-refractivity contribution >= 4 is 17.6 Å². The highest BCUT2D eigenvalue weighted by atomic mass is 35.5. The van der Waals surface area contributed by atoms with Gasteiger partial charge < -0.3 is 19.5 Å². The molecule has 136 valence electrons. The summed E-state index contributed by atoms with van der Waals surface area (Å²) >= 11 is 6.05. The summed E-state index contributed by atoms with van der Waals surface area (Å²) in [4.78, 5) is 6.46. The molecular formula is C18H31ClN4O. The van der Waals surface area contributed by atoms with Gasteiger partial charge in [0.1, 0.15) is 0 Å². The zero-order valence-electron chi connectivity index (χ0n) is 15.2. The number of hydrogen-bond acceptors (Lipinski definition) is 2. The lowest BCUT2D eigenvalue weighted by atomic mass is 9.98. The molecule has 1 saturated carbocycles. The summed E-state index contributed by atoms with van der Waals surface area (Å²) in [5, 5.41) is 4.17. The minimum atomic E-state index is 0.489. The second kappa shape index (κ2) is 9.94. The predicted molar refractivity (Wildman–Crippen MR) is 101 cm³/mol. The van der Waals surface area contributed by atoms with Crippen molar-refractivity contribution in [2.45, 2.75) is 51.2 Å². The van der Waals surface area contributed by atoms with Crippen LogP contribution in [0.4, 0.5) is 0 Å². The maximum Gasteiger partial charge on any atom is 0.193 e. The summed E-state index contributed by atoms with van der Waals surface area (Å²) < 4.78 is 8.01. The fourth-order valence-electron chi connectivity index (χ4n) is 3.18. The van der Waals surface area contributed by atoms with Crippen LogP contribution in [0.5, 0.6) is 0 Å². The van der Waals surface area contributed by atoms with Gasteiger partial charge in [0.15, 0.2) is 5.96 Å². The SMILES string of the molecule is CN=C(NCCCOC1CCCCC1)N(C)Cc1cc(Cl)cn1C. The number of guanidine groups is 1. The number of nitrogens with one attached hydrogen (secondary N) is 1. The highest BCUT2D eigenvalue weighted by Gasteiger charge is 2.13. The molecule has 5 nitrogen and oxygen atoms in total. The summed E-state index contributed by atoms with van der Waals surface area (Å²) in [5.74, 6) is 0.894. The van der Waals surface area contributed by atoms with Crippen LogP contribution in [-0.4, -0.2) is 48.8 Å². The average Bonchev–Trinajstić information content (AvgIpc) is 2.89. The monoisotopic (exact) mass is 354 g/mol. The molecule has 0 aliphatic heterocycles. The summed E-state index contributed by atoms with van der Waals surface area (Å²) in [6, 6.07) is 1.99. The third kappa shape index (κ3) is 6.02. The number of aliphatic imine (C=N–C) groups is 1. The molecule has 0 amide bonds. The van der Waals surface area contributed by atoms with Crippen molar-refractivity contribution in [2.75, 3.05) is 27.2 Å². The van der Waals surface area contributed by atoms with E-state index in [4.69, 9.17) is 16.3 Å². The molecule has 2 rings (SSSR count). The van der Waals surface area contributed by atoms with Crippen LogP contribution in [0.1, 0.15) is 44.2 Å². The lowest BCUT2D eigenvalue weighted by molar-refractivity contribution is 0.0276. The van der Waals surface area contributed by atoms with Gasteiger partial charge in [-0.1, -0.05) is 30.9 Å². The van der Waals surface area contributed by atoms with Crippen molar-refractivity contribution < 1.29 is 4.74 Å². The lowest BCUT2D eigenvalue weighted by Gasteiger charge is -2.23. The van der Waals surface area contributed by atoms with Gasteiger partial charge in [0, 0.05) is 46.2 Å². The Morgan fingerprint density at radius 1 is 1.42 bits per heavy atom. The largest absolute Gasteiger partial charge is 0.378 e. The molecule has 1 aliphatic carbocycles. The van der Waals surface area contributed by atoms with E-state index >= 15 is 0 Å². The van der Waals surface area contributed by atoms with Crippen molar-refractivity contribution in [3.05, 3.63) is 23.0 Å². The van der Waals surface area contributed by atoms with Gasteiger partial charge in [-0.05, 0) is 25.3 Å². The topological polar surface area (TPSA) is 41.8 Å². The molecule has 1 aromatic rings. The molecular weight excluding hydrogens is 324 g/mol. The number of nitrogens with zero attached hydrogens (tertiary/aromatic N) is 3. The molecule has 1 heterocycles. The van der Waals surface area contributed by atoms with Crippen LogP contribution in [0.3, 0.4) is 0 Å². The van der Waals surface area contributed by atoms with Crippen LogP contribution in [0.15, 0.2) is 17.3 Å². The Kier molecular flexibility index (Phi) is 7.92. The Labute approximate surface area is 151 Å².